The highest BCUT2D eigenvalue weighted by molar-refractivity contribution is 7.99. The SMILES string of the molecule is c1ccc(C2CSc3c4ncnc-4ncn32)cc1. The molecule has 3 heterocycles. The van der Waals surface area contributed by atoms with E-state index in [1.54, 1.807) is 6.33 Å². The van der Waals surface area contributed by atoms with Gasteiger partial charge in [-0.3, -0.25) is 0 Å². The summed E-state index contributed by atoms with van der Waals surface area (Å²) in [5.74, 6) is 1.76. The molecule has 0 bridgehead atoms. The van der Waals surface area contributed by atoms with Crippen LogP contribution in [0.2, 0.25) is 0 Å². The van der Waals surface area contributed by atoms with Gasteiger partial charge >= 0.3 is 0 Å². The fourth-order valence-electron chi connectivity index (χ4n) is 2.33. The monoisotopic (exact) mass is 254 g/mol. The van der Waals surface area contributed by atoms with Gasteiger partial charge in [-0.2, -0.15) is 0 Å². The third-order valence-corrected chi connectivity index (χ3v) is 4.38. The standard InChI is InChI=1S/C13H10N4S/c1-2-4-9(5-3-1)10-6-18-13-11-12(15-7-14-11)16-8-17(10)13/h1-5,7-8,10H,6H2. The molecule has 1 aromatic rings. The predicted molar refractivity (Wildman–Crippen MR) is 69.7 cm³/mol. The summed E-state index contributed by atoms with van der Waals surface area (Å²) in [7, 11) is 0. The van der Waals surface area contributed by atoms with Gasteiger partial charge in [0.25, 0.3) is 0 Å². The van der Waals surface area contributed by atoms with Crippen LogP contribution in [0.4, 0.5) is 0 Å². The van der Waals surface area contributed by atoms with Crippen LogP contribution in [-0.4, -0.2) is 25.3 Å². The third-order valence-electron chi connectivity index (χ3n) is 3.22. The lowest BCUT2D eigenvalue weighted by Crippen LogP contribution is -2.10. The summed E-state index contributed by atoms with van der Waals surface area (Å²) in [6.45, 7) is 0. The van der Waals surface area contributed by atoms with E-state index in [2.05, 4.69) is 43.8 Å². The second-order valence-electron chi connectivity index (χ2n) is 4.24. The molecule has 88 valence electrons. The van der Waals surface area contributed by atoms with E-state index in [0.717, 1.165) is 17.3 Å². The Balaban J connectivity index is 1.88. The zero-order chi connectivity index (χ0) is 11.9. The van der Waals surface area contributed by atoms with Crippen molar-refractivity contribution in [1.29, 1.82) is 0 Å². The second kappa shape index (κ2) is 3.81. The number of benzene rings is 1. The number of fused-ring (bicyclic) bond motifs is 3. The lowest BCUT2D eigenvalue weighted by molar-refractivity contribution is 0.603. The Bertz CT molecular complexity index is 664. The van der Waals surface area contributed by atoms with Crippen molar-refractivity contribution in [3.8, 4) is 11.5 Å². The van der Waals surface area contributed by atoms with Gasteiger partial charge in [0.1, 0.15) is 17.0 Å². The Morgan fingerprint density at radius 2 is 2.00 bits per heavy atom. The van der Waals surface area contributed by atoms with E-state index in [9.17, 15) is 0 Å². The minimum atomic E-state index is 0.347. The summed E-state index contributed by atoms with van der Waals surface area (Å²) in [5.41, 5.74) is 2.23. The summed E-state index contributed by atoms with van der Waals surface area (Å²) < 4.78 is 2.21. The molecule has 3 aliphatic rings. The lowest BCUT2D eigenvalue weighted by Gasteiger charge is -2.14. The van der Waals surface area contributed by atoms with Gasteiger partial charge in [0, 0.05) is 5.75 Å². The summed E-state index contributed by atoms with van der Waals surface area (Å²) in [5, 5.41) is 1.17. The molecule has 1 atom stereocenters. The van der Waals surface area contributed by atoms with Crippen LogP contribution in [0.1, 0.15) is 11.6 Å². The van der Waals surface area contributed by atoms with Crippen LogP contribution in [0.5, 0.6) is 0 Å². The molecular formula is C13H10N4S. The van der Waals surface area contributed by atoms with E-state index >= 15 is 0 Å². The maximum absolute atomic E-state index is 4.36. The number of nitrogens with zero attached hydrogens (tertiary/aromatic N) is 4. The van der Waals surface area contributed by atoms with E-state index in [1.807, 2.05) is 24.2 Å². The van der Waals surface area contributed by atoms with Crippen molar-refractivity contribution >= 4 is 11.8 Å². The molecule has 0 radical (unpaired) electrons. The second-order valence-corrected chi connectivity index (χ2v) is 5.25. The maximum atomic E-state index is 4.36. The fraction of sp³-hybridized carbons (Fsp3) is 0.154. The molecule has 3 aliphatic heterocycles. The Labute approximate surface area is 108 Å². The number of hydrogen-bond donors (Lipinski definition) is 0. The van der Waals surface area contributed by atoms with Crippen LogP contribution in [-0.2, 0) is 0 Å². The molecule has 1 aromatic carbocycles. The van der Waals surface area contributed by atoms with E-state index < -0.39 is 0 Å². The highest BCUT2D eigenvalue weighted by Gasteiger charge is 2.28. The summed E-state index contributed by atoms with van der Waals surface area (Å²) in [6.07, 6.45) is 3.46. The average molecular weight is 254 g/mol. The van der Waals surface area contributed by atoms with Gasteiger partial charge in [-0.05, 0) is 5.56 Å². The lowest BCUT2D eigenvalue weighted by atomic mass is 10.1. The summed E-state index contributed by atoms with van der Waals surface area (Å²) in [6, 6.07) is 10.9. The molecule has 0 aliphatic carbocycles. The summed E-state index contributed by atoms with van der Waals surface area (Å²) >= 11 is 1.83. The molecule has 0 aromatic heterocycles. The maximum Gasteiger partial charge on any atom is 0.183 e. The first-order valence-electron chi connectivity index (χ1n) is 5.79. The molecule has 0 saturated carbocycles. The highest BCUT2D eigenvalue weighted by Crippen LogP contribution is 2.41. The highest BCUT2D eigenvalue weighted by atomic mass is 32.2. The topological polar surface area (TPSA) is 43.6 Å². The van der Waals surface area contributed by atoms with Crippen molar-refractivity contribution in [1.82, 2.24) is 19.5 Å². The molecule has 18 heavy (non-hydrogen) atoms. The first-order chi connectivity index (χ1) is 8.93. The van der Waals surface area contributed by atoms with E-state index in [4.69, 9.17) is 0 Å². The zero-order valence-corrected chi connectivity index (χ0v) is 10.3. The number of thioether (sulfide) groups is 1. The molecule has 0 spiro atoms. The Hall–Kier alpha value is -1.88. The van der Waals surface area contributed by atoms with Crippen LogP contribution < -0.4 is 0 Å². The quantitative estimate of drug-likeness (QED) is 0.626. The smallest absolute Gasteiger partial charge is 0.183 e. The summed E-state index contributed by atoms with van der Waals surface area (Å²) in [4.78, 5) is 12.8. The van der Waals surface area contributed by atoms with Crippen molar-refractivity contribution in [3.63, 3.8) is 0 Å². The van der Waals surface area contributed by atoms with Crippen molar-refractivity contribution < 1.29 is 0 Å². The van der Waals surface area contributed by atoms with Gasteiger partial charge in [-0.25, -0.2) is 15.0 Å². The molecular weight excluding hydrogens is 244 g/mol. The van der Waals surface area contributed by atoms with Crippen LogP contribution in [0.25, 0.3) is 11.5 Å². The number of rotatable bonds is 1. The molecule has 0 fully saturated rings. The van der Waals surface area contributed by atoms with Crippen molar-refractivity contribution in [2.45, 2.75) is 11.1 Å². The van der Waals surface area contributed by atoms with E-state index in [0.29, 0.717) is 6.04 Å². The van der Waals surface area contributed by atoms with Crippen molar-refractivity contribution in [2.75, 3.05) is 5.75 Å². The molecule has 4 nitrogen and oxygen atoms in total. The first kappa shape index (κ1) is 10.1. The predicted octanol–water partition coefficient (Wildman–Crippen LogP) is 2.47. The van der Waals surface area contributed by atoms with Crippen LogP contribution in [0, 0.1) is 0 Å². The van der Waals surface area contributed by atoms with Crippen LogP contribution >= 0.6 is 11.8 Å². The van der Waals surface area contributed by atoms with Crippen LogP contribution in [0.15, 0.2) is 48.0 Å². The van der Waals surface area contributed by atoms with Crippen molar-refractivity contribution in [2.24, 2.45) is 0 Å². The molecule has 0 N–H and O–H groups in total. The van der Waals surface area contributed by atoms with E-state index in [1.165, 1.54) is 10.6 Å². The normalized spacial score (nSPS) is 18.1. The Morgan fingerprint density at radius 1 is 1.11 bits per heavy atom. The Kier molecular flexibility index (Phi) is 2.14. The molecule has 5 heteroatoms. The third kappa shape index (κ3) is 1.37. The number of hydrogen-bond acceptors (Lipinski definition) is 4. The molecule has 0 amide bonds. The molecule has 4 rings (SSSR count). The largest absolute Gasteiger partial charge is 0.317 e. The van der Waals surface area contributed by atoms with E-state index in [-0.39, 0.29) is 0 Å². The number of aromatic nitrogens is 4. The molecule has 1 unspecified atom stereocenters. The van der Waals surface area contributed by atoms with Gasteiger partial charge in [0.15, 0.2) is 5.82 Å². The van der Waals surface area contributed by atoms with Crippen LogP contribution in [0.3, 0.4) is 0 Å². The van der Waals surface area contributed by atoms with Gasteiger partial charge < -0.3 is 4.57 Å². The van der Waals surface area contributed by atoms with Gasteiger partial charge in [-0.15, -0.1) is 11.8 Å². The zero-order valence-electron chi connectivity index (χ0n) is 9.52. The number of imidazole rings is 1. The van der Waals surface area contributed by atoms with Gasteiger partial charge in [-0.1, -0.05) is 30.3 Å². The van der Waals surface area contributed by atoms with Gasteiger partial charge in [0.05, 0.1) is 12.4 Å². The van der Waals surface area contributed by atoms with Gasteiger partial charge in [0.2, 0.25) is 0 Å². The fourth-order valence-corrected chi connectivity index (χ4v) is 3.61. The molecule has 0 saturated heterocycles. The average Bonchev–Trinajstić information content (AvgIpc) is 3.05. The van der Waals surface area contributed by atoms with Crippen molar-refractivity contribution in [3.05, 3.63) is 48.5 Å². The Morgan fingerprint density at radius 3 is 2.89 bits per heavy atom. The minimum Gasteiger partial charge on any atom is -0.317 e. The minimum absolute atomic E-state index is 0.347. The first-order valence-corrected chi connectivity index (χ1v) is 6.77.